The number of benzene rings is 2. The molecule has 0 amide bonds. The van der Waals surface area contributed by atoms with E-state index < -0.39 is 0 Å². The molecule has 0 saturated heterocycles. The van der Waals surface area contributed by atoms with E-state index in [0.717, 1.165) is 15.6 Å². The van der Waals surface area contributed by atoms with Crippen LogP contribution in [0.3, 0.4) is 0 Å². The van der Waals surface area contributed by atoms with Crippen molar-refractivity contribution in [3.63, 3.8) is 0 Å². The average molecular weight is 421 g/mol. The third-order valence-electron chi connectivity index (χ3n) is 3.46. The van der Waals surface area contributed by atoms with Crippen LogP contribution >= 0.6 is 27.5 Å². The van der Waals surface area contributed by atoms with Gasteiger partial charge in [-0.1, -0.05) is 27.5 Å². The number of nitrogens with two attached hydrogens (primary N) is 1. The Morgan fingerprint density at radius 1 is 0.920 bits per heavy atom. The summed E-state index contributed by atoms with van der Waals surface area (Å²) in [5.74, 6) is 1.66. The predicted molar refractivity (Wildman–Crippen MR) is 102 cm³/mol. The molecule has 7 heteroatoms. The Bertz CT molecular complexity index is 894. The van der Waals surface area contributed by atoms with Crippen LogP contribution in [0.5, 0.6) is 23.3 Å². The van der Waals surface area contributed by atoms with Crippen LogP contribution < -0.4 is 15.2 Å². The monoisotopic (exact) mass is 419 g/mol. The van der Waals surface area contributed by atoms with Crippen LogP contribution in [0.25, 0.3) is 0 Å². The summed E-state index contributed by atoms with van der Waals surface area (Å²) in [4.78, 5) is 8.17. The van der Waals surface area contributed by atoms with Crippen LogP contribution in [0, 0.1) is 13.8 Å². The Morgan fingerprint density at radius 2 is 1.44 bits per heavy atom. The largest absolute Gasteiger partial charge is 0.437 e. The quantitative estimate of drug-likeness (QED) is 0.588. The Labute approximate surface area is 158 Å². The first-order chi connectivity index (χ1) is 11.9. The van der Waals surface area contributed by atoms with Crippen LogP contribution in [-0.4, -0.2) is 9.97 Å². The molecule has 1 aromatic heterocycles. The lowest BCUT2D eigenvalue weighted by atomic mass is 10.1. The molecule has 0 bridgehead atoms. The van der Waals surface area contributed by atoms with Crippen LogP contribution in [0.4, 0.5) is 5.69 Å². The Kier molecular flexibility index (Phi) is 5.11. The van der Waals surface area contributed by atoms with E-state index in [4.69, 9.17) is 26.8 Å². The number of aromatic nitrogens is 2. The summed E-state index contributed by atoms with van der Waals surface area (Å²) in [7, 11) is 0. The van der Waals surface area contributed by atoms with Crippen molar-refractivity contribution in [3.05, 3.63) is 63.3 Å². The minimum atomic E-state index is 0.218. The van der Waals surface area contributed by atoms with E-state index in [2.05, 4.69) is 25.9 Å². The third kappa shape index (κ3) is 4.03. The molecule has 3 aromatic rings. The van der Waals surface area contributed by atoms with Crippen molar-refractivity contribution in [2.24, 2.45) is 0 Å². The Hall–Kier alpha value is -2.31. The molecule has 0 atom stereocenters. The topological polar surface area (TPSA) is 70.3 Å². The molecule has 0 aliphatic carbocycles. The van der Waals surface area contributed by atoms with Crippen molar-refractivity contribution in [1.82, 2.24) is 9.97 Å². The molecule has 128 valence electrons. The number of ether oxygens (including phenoxy) is 2. The number of nitrogens with zero attached hydrogens (tertiary/aromatic N) is 2. The molecule has 2 N–H and O–H groups in total. The summed E-state index contributed by atoms with van der Waals surface area (Å²) in [6.07, 6.45) is 1.34. The molecule has 0 saturated carbocycles. The molecule has 1 heterocycles. The smallest absolute Gasteiger partial charge is 0.249 e. The molecular weight excluding hydrogens is 406 g/mol. The van der Waals surface area contributed by atoms with E-state index in [1.54, 1.807) is 12.1 Å². The first-order valence-corrected chi connectivity index (χ1v) is 8.59. The number of nitrogen functional groups attached to an aromatic ring is 1. The summed E-state index contributed by atoms with van der Waals surface area (Å²) in [5, 5.41) is 0.710. The highest BCUT2D eigenvalue weighted by molar-refractivity contribution is 9.10. The van der Waals surface area contributed by atoms with Crippen molar-refractivity contribution in [2.75, 3.05) is 5.73 Å². The van der Waals surface area contributed by atoms with Gasteiger partial charge in [-0.15, -0.1) is 0 Å². The van der Waals surface area contributed by atoms with Crippen molar-refractivity contribution in [3.8, 4) is 23.3 Å². The predicted octanol–water partition coefficient (Wildman–Crippen LogP) is 5.68. The van der Waals surface area contributed by atoms with Crippen LogP contribution in [0.2, 0.25) is 5.02 Å². The lowest BCUT2D eigenvalue weighted by Gasteiger charge is -2.12. The van der Waals surface area contributed by atoms with Crippen molar-refractivity contribution >= 4 is 33.2 Å². The van der Waals surface area contributed by atoms with Crippen LogP contribution in [0.15, 0.2) is 47.2 Å². The summed E-state index contributed by atoms with van der Waals surface area (Å²) in [6.45, 7) is 3.82. The molecule has 25 heavy (non-hydrogen) atoms. The molecule has 0 radical (unpaired) electrons. The Balaban J connectivity index is 1.87. The average Bonchev–Trinajstić information content (AvgIpc) is 2.58. The zero-order valence-electron chi connectivity index (χ0n) is 13.6. The zero-order valence-corrected chi connectivity index (χ0v) is 15.9. The van der Waals surface area contributed by atoms with E-state index >= 15 is 0 Å². The second-order valence-corrected chi connectivity index (χ2v) is 6.72. The molecule has 0 aliphatic heterocycles. The summed E-state index contributed by atoms with van der Waals surface area (Å²) < 4.78 is 12.5. The number of halogens is 2. The molecule has 5 nitrogen and oxygen atoms in total. The minimum Gasteiger partial charge on any atom is -0.437 e. The van der Waals surface area contributed by atoms with Crippen molar-refractivity contribution in [2.45, 2.75) is 13.8 Å². The van der Waals surface area contributed by atoms with Gasteiger partial charge in [0.2, 0.25) is 11.8 Å². The molecule has 0 spiro atoms. The van der Waals surface area contributed by atoms with Gasteiger partial charge < -0.3 is 15.2 Å². The number of anilines is 1. The van der Waals surface area contributed by atoms with Gasteiger partial charge in [-0.05, 0) is 61.4 Å². The maximum atomic E-state index is 6.18. The van der Waals surface area contributed by atoms with E-state index in [-0.39, 0.29) is 17.4 Å². The number of hydrogen-bond donors (Lipinski definition) is 1. The number of rotatable bonds is 4. The zero-order chi connectivity index (χ0) is 18.0. The van der Waals surface area contributed by atoms with Gasteiger partial charge in [0.25, 0.3) is 0 Å². The molecule has 0 unspecified atom stereocenters. The molecule has 3 rings (SSSR count). The van der Waals surface area contributed by atoms with E-state index in [1.807, 2.05) is 38.1 Å². The van der Waals surface area contributed by atoms with Crippen LogP contribution in [0.1, 0.15) is 11.1 Å². The summed E-state index contributed by atoms with van der Waals surface area (Å²) in [6, 6.07) is 11.0. The SMILES string of the molecule is Cc1cc(Oc2ncnc(Oc3ccc(Br)cc3)c2N)cc(C)c1Cl. The lowest BCUT2D eigenvalue weighted by Crippen LogP contribution is -2.00. The molecule has 0 aliphatic rings. The van der Waals surface area contributed by atoms with Crippen molar-refractivity contribution < 1.29 is 9.47 Å². The standard InChI is InChI=1S/C18H15BrClN3O2/c1-10-7-14(8-11(2)15(10)20)25-18-16(21)17(22-9-23-18)24-13-5-3-12(19)4-6-13/h3-9H,21H2,1-2H3. The lowest BCUT2D eigenvalue weighted by molar-refractivity contribution is 0.438. The molecule has 2 aromatic carbocycles. The summed E-state index contributed by atoms with van der Waals surface area (Å²) in [5.41, 5.74) is 8.15. The van der Waals surface area contributed by atoms with Gasteiger partial charge in [-0.2, -0.15) is 9.97 Å². The maximum Gasteiger partial charge on any atom is 0.249 e. The highest BCUT2D eigenvalue weighted by Crippen LogP contribution is 2.35. The van der Waals surface area contributed by atoms with Crippen molar-refractivity contribution in [1.29, 1.82) is 0 Å². The first-order valence-electron chi connectivity index (χ1n) is 7.42. The van der Waals surface area contributed by atoms with E-state index in [1.165, 1.54) is 6.33 Å². The number of hydrogen-bond acceptors (Lipinski definition) is 5. The fraction of sp³-hybridized carbons (Fsp3) is 0.111. The van der Waals surface area contributed by atoms with Gasteiger partial charge in [-0.3, -0.25) is 0 Å². The van der Waals surface area contributed by atoms with Gasteiger partial charge in [0, 0.05) is 9.50 Å². The van der Waals surface area contributed by atoms with Gasteiger partial charge >= 0.3 is 0 Å². The summed E-state index contributed by atoms with van der Waals surface area (Å²) >= 11 is 9.56. The van der Waals surface area contributed by atoms with Gasteiger partial charge in [0.1, 0.15) is 17.8 Å². The second-order valence-electron chi connectivity index (χ2n) is 5.43. The van der Waals surface area contributed by atoms with Gasteiger partial charge in [-0.25, -0.2) is 0 Å². The first kappa shape index (κ1) is 17.5. The van der Waals surface area contributed by atoms with Gasteiger partial charge in [0.15, 0.2) is 5.69 Å². The van der Waals surface area contributed by atoms with E-state index in [9.17, 15) is 0 Å². The van der Waals surface area contributed by atoms with E-state index in [0.29, 0.717) is 16.5 Å². The Morgan fingerprint density at radius 3 is 2.00 bits per heavy atom. The fourth-order valence-corrected chi connectivity index (χ4v) is 2.59. The molecular formula is C18H15BrClN3O2. The van der Waals surface area contributed by atoms with Crippen LogP contribution in [-0.2, 0) is 0 Å². The third-order valence-corrected chi connectivity index (χ3v) is 4.59. The maximum absolute atomic E-state index is 6.18. The normalized spacial score (nSPS) is 10.6. The van der Waals surface area contributed by atoms with Gasteiger partial charge in [0.05, 0.1) is 0 Å². The number of aryl methyl sites for hydroxylation is 2. The molecule has 0 fully saturated rings. The fourth-order valence-electron chi connectivity index (χ4n) is 2.22. The highest BCUT2D eigenvalue weighted by atomic mass is 79.9. The minimum absolute atomic E-state index is 0.218. The second kappa shape index (κ2) is 7.29. The highest BCUT2D eigenvalue weighted by Gasteiger charge is 2.13.